The van der Waals surface area contributed by atoms with Gasteiger partial charge in [0, 0.05) is 25.4 Å². The molecule has 3 saturated carbocycles. The molecule has 13 heteroatoms. The number of halogens is 6. The Bertz CT molecular complexity index is 723. The molecule has 0 aliphatic heterocycles. The second kappa shape index (κ2) is 10.1. The number of carbonyl (C=O) groups is 1. The number of hydrogen-bond acceptors (Lipinski definition) is 6. The molecule has 0 radical (unpaired) electrons. The summed E-state index contributed by atoms with van der Waals surface area (Å²) in [5, 5.41) is 10.2. The minimum atomic E-state index is -6.08. The van der Waals surface area contributed by atoms with Crippen LogP contribution in [0.15, 0.2) is 0 Å². The van der Waals surface area contributed by atoms with Crippen molar-refractivity contribution in [1.29, 1.82) is 0 Å². The Kier molecular flexibility index (Phi) is 8.28. The second-order valence-electron chi connectivity index (χ2n) is 9.68. The van der Waals surface area contributed by atoms with Gasteiger partial charge in [0.1, 0.15) is 0 Å². The smallest absolute Gasteiger partial charge is 0.455 e. The van der Waals surface area contributed by atoms with Crippen molar-refractivity contribution in [3.05, 3.63) is 0 Å². The average Bonchev–Trinajstić information content (AvgIpc) is 3.48. The van der Waals surface area contributed by atoms with Crippen LogP contribution in [-0.4, -0.2) is 63.3 Å². The van der Waals surface area contributed by atoms with E-state index in [2.05, 4.69) is 0 Å². The van der Waals surface area contributed by atoms with E-state index in [0.717, 1.165) is 0 Å². The maximum absolute atomic E-state index is 13.7. The summed E-state index contributed by atoms with van der Waals surface area (Å²) in [6.45, 7) is 6.21. The van der Waals surface area contributed by atoms with Gasteiger partial charge in [-0.05, 0) is 77.6 Å². The Hall–Kier alpha value is -0.893. The Morgan fingerprint density at radius 3 is 1.77 bits per heavy atom. The Morgan fingerprint density at radius 2 is 1.37 bits per heavy atom. The molecule has 3 fully saturated rings. The van der Waals surface area contributed by atoms with Crippen molar-refractivity contribution in [2.45, 2.75) is 94.8 Å². The van der Waals surface area contributed by atoms with Crippen LogP contribution in [0.4, 0.5) is 26.3 Å². The largest absolute Gasteiger partial charge is 0.504 e. The summed E-state index contributed by atoms with van der Waals surface area (Å²) in [5.41, 5.74) is -8.59. The number of rotatable bonds is 10. The van der Waals surface area contributed by atoms with E-state index in [1.807, 2.05) is 0 Å². The third kappa shape index (κ3) is 4.75. The monoisotopic (exact) mass is 536 g/mol. The quantitative estimate of drug-likeness (QED) is 0.236. The zero-order valence-electron chi connectivity index (χ0n) is 20.1. The van der Waals surface area contributed by atoms with Crippen LogP contribution in [0, 0.1) is 17.8 Å². The van der Waals surface area contributed by atoms with Crippen LogP contribution in [0.1, 0.15) is 65.7 Å². The van der Waals surface area contributed by atoms with Crippen LogP contribution in [0.25, 0.3) is 0 Å². The molecule has 4 atom stereocenters. The maximum Gasteiger partial charge on any atom is 0.504 e. The molecule has 0 spiro atoms. The lowest BCUT2D eigenvalue weighted by atomic mass is 9.79. The van der Waals surface area contributed by atoms with Crippen molar-refractivity contribution in [2.75, 3.05) is 19.8 Å². The lowest BCUT2D eigenvalue weighted by molar-refractivity contribution is -0.412. The van der Waals surface area contributed by atoms with Gasteiger partial charge in [-0.15, -0.1) is 0 Å². The van der Waals surface area contributed by atoms with Crippen LogP contribution >= 0.6 is 0 Å². The Labute approximate surface area is 202 Å². The molecular formula is C22H34F6O6Si. The molecule has 1 N–H and O–H groups in total. The molecule has 4 unspecified atom stereocenters. The van der Waals surface area contributed by atoms with Gasteiger partial charge >= 0.3 is 27.1 Å². The van der Waals surface area contributed by atoms with Gasteiger partial charge in [-0.1, -0.05) is 0 Å². The molecule has 0 saturated heterocycles. The maximum atomic E-state index is 13.7. The molecule has 6 nitrogen and oxygen atoms in total. The van der Waals surface area contributed by atoms with E-state index in [9.17, 15) is 36.2 Å². The highest BCUT2D eigenvalue weighted by Crippen LogP contribution is 2.61. The summed E-state index contributed by atoms with van der Waals surface area (Å²) in [5.74, 6) is -2.44. The van der Waals surface area contributed by atoms with Gasteiger partial charge in [0.2, 0.25) is 0 Å². The predicted molar refractivity (Wildman–Crippen MR) is 113 cm³/mol. The van der Waals surface area contributed by atoms with Gasteiger partial charge in [-0.25, -0.2) is 0 Å². The second-order valence-corrected chi connectivity index (χ2v) is 12.5. The van der Waals surface area contributed by atoms with Gasteiger partial charge in [0.15, 0.2) is 5.60 Å². The van der Waals surface area contributed by atoms with Gasteiger partial charge in [-0.3, -0.25) is 4.79 Å². The standard InChI is InChI=1S/C22H34F6O6Si/c1-4-31-35(32-5-2,33-6-3)17-13-14-11-15(17)16(12-14)18(29)34-19(9-7-8-10-19)20(30,21(23,24)25)22(26,27)28/h14-17,30H,4-13H2,1-3H3. The first-order chi connectivity index (χ1) is 16.2. The first-order valence-corrected chi connectivity index (χ1v) is 14.0. The fraction of sp³-hybridized carbons (Fsp3) is 0.955. The Balaban J connectivity index is 1.92. The third-order valence-corrected chi connectivity index (χ3v) is 11.4. The molecule has 0 aromatic rings. The fourth-order valence-electron chi connectivity index (χ4n) is 6.51. The highest BCUT2D eigenvalue weighted by molar-refractivity contribution is 6.62. The average molecular weight is 537 g/mol. The fourth-order valence-corrected chi connectivity index (χ4v) is 10.1. The minimum absolute atomic E-state index is 0.0273. The van der Waals surface area contributed by atoms with Crippen LogP contribution < -0.4 is 0 Å². The molecule has 204 valence electrons. The van der Waals surface area contributed by atoms with Gasteiger partial charge in [0.25, 0.3) is 5.60 Å². The van der Waals surface area contributed by atoms with E-state index in [-0.39, 0.29) is 24.3 Å². The number of fused-ring (bicyclic) bond motifs is 2. The molecule has 0 aromatic heterocycles. The van der Waals surface area contributed by atoms with Gasteiger partial charge in [0.05, 0.1) is 5.92 Å². The number of esters is 1. The van der Waals surface area contributed by atoms with Crippen LogP contribution in [0.2, 0.25) is 5.54 Å². The van der Waals surface area contributed by atoms with E-state index in [0.29, 0.717) is 39.1 Å². The first kappa shape index (κ1) is 28.7. The zero-order valence-corrected chi connectivity index (χ0v) is 21.1. The summed E-state index contributed by atoms with van der Waals surface area (Å²) < 4.78 is 106. The predicted octanol–water partition coefficient (Wildman–Crippen LogP) is 5.16. The summed E-state index contributed by atoms with van der Waals surface area (Å²) in [7, 11) is -3.28. The molecule has 0 amide bonds. The van der Waals surface area contributed by atoms with E-state index in [1.165, 1.54) is 0 Å². The van der Waals surface area contributed by atoms with Crippen LogP contribution in [0.5, 0.6) is 0 Å². The van der Waals surface area contributed by atoms with Crippen molar-refractivity contribution in [3.63, 3.8) is 0 Å². The summed E-state index contributed by atoms with van der Waals surface area (Å²) in [6.07, 6.45) is -12.2. The lowest BCUT2D eigenvalue weighted by Crippen LogP contribution is -2.71. The van der Waals surface area contributed by atoms with E-state index in [1.54, 1.807) is 20.8 Å². The molecular weight excluding hydrogens is 502 g/mol. The van der Waals surface area contributed by atoms with Crippen LogP contribution in [0.3, 0.4) is 0 Å². The topological polar surface area (TPSA) is 74.2 Å². The Morgan fingerprint density at radius 1 is 0.886 bits per heavy atom. The summed E-state index contributed by atoms with van der Waals surface area (Å²) in [6, 6.07) is 0. The summed E-state index contributed by atoms with van der Waals surface area (Å²) >= 11 is 0. The molecule has 3 aliphatic carbocycles. The molecule has 35 heavy (non-hydrogen) atoms. The number of aliphatic hydroxyl groups is 1. The van der Waals surface area contributed by atoms with Crippen molar-refractivity contribution in [2.24, 2.45) is 17.8 Å². The summed E-state index contributed by atoms with van der Waals surface area (Å²) in [4.78, 5) is 13.3. The van der Waals surface area contributed by atoms with Crippen molar-refractivity contribution in [1.82, 2.24) is 0 Å². The van der Waals surface area contributed by atoms with E-state index >= 15 is 0 Å². The SMILES string of the molecule is CCO[Si](OCC)(OCC)C1CC2CC(C(=O)OC3(C(O)(C(F)(F)F)C(F)(F)F)CCCC3)C1C2. The third-order valence-electron chi connectivity index (χ3n) is 7.79. The molecule has 3 rings (SSSR count). The number of carbonyl (C=O) groups excluding carboxylic acids is 1. The van der Waals surface area contributed by atoms with Gasteiger partial charge < -0.3 is 23.1 Å². The number of ether oxygens (including phenoxy) is 1. The van der Waals surface area contributed by atoms with Gasteiger partial charge in [-0.2, -0.15) is 26.3 Å². The number of hydrogen-bond donors (Lipinski definition) is 1. The molecule has 3 aliphatic rings. The van der Waals surface area contributed by atoms with E-state index < -0.39 is 63.0 Å². The molecule has 0 aromatic carbocycles. The van der Waals surface area contributed by atoms with Crippen molar-refractivity contribution >= 4 is 14.8 Å². The van der Waals surface area contributed by atoms with Crippen molar-refractivity contribution < 1.29 is 54.3 Å². The van der Waals surface area contributed by atoms with Crippen molar-refractivity contribution in [3.8, 4) is 0 Å². The van der Waals surface area contributed by atoms with Crippen LogP contribution in [-0.2, 0) is 22.8 Å². The lowest BCUT2D eigenvalue weighted by Gasteiger charge is -2.46. The highest BCUT2D eigenvalue weighted by Gasteiger charge is 2.81. The number of alkyl halides is 6. The minimum Gasteiger partial charge on any atom is -0.455 e. The zero-order chi connectivity index (χ0) is 26.3. The molecule has 2 bridgehead atoms. The highest BCUT2D eigenvalue weighted by atomic mass is 28.4. The van der Waals surface area contributed by atoms with E-state index in [4.69, 9.17) is 18.0 Å². The first-order valence-electron chi connectivity index (χ1n) is 12.2. The normalized spacial score (nSPS) is 29.1. The molecule has 0 heterocycles.